The van der Waals surface area contributed by atoms with Crippen molar-refractivity contribution >= 4 is 0 Å². The quantitative estimate of drug-likeness (QED) is 0.484. The van der Waals surface area contributed by atoms with E-state index in [9.17, 15) is 4.39 Å². The first kappa shape index (κ1) is 18.9. The second kappa shape index (κ2) is 7.89. The first-order chi connectivity index (χ1) is 13.5. The third-order valence-corrected chi connectivity index (χ3v) is 5.78. The summed E-state index contributed by atoms with van der Waals surface area (Å²) < 4.78 is 20.7. The number of fused-ring (bicyclic) bond motifs is 1. The molecule has 0 aromatic heterocycles. The Balaban J connectivity index is 1.53. The van der Waals surface area contributed by atoms with Crippen LogP contribution in [0.2, 0.25) is 0 Å². The molecule has 0 N–H and O–H groups in total. The SMILES string of the molecule is Cc1ccc2c(c1)CC(OCc1ccc(F)c(-c3ccccc3)c1)C2C(C)C. The Kier molecular flexibility index (Phi) is 5.32. The van der Waals surface area contributed by atoms with Crippen molar-refractivity contribution < 1.29 is 9.13 Å². The van der Waals surface area contributed by atoms with Crippen LogP contribution in [0.15, 0.2) is 66.7 Å². The molecule has 1 aliphatic rings. The van der Waals surface area contributed by atoms with Gasteiger partial charge < -0.3 is 4.74 Å². The molecule has 0 amide bonds. The van der Waals surface area contributed by atoms with Crippen molar-refractivity contribution in [2.75, 3.05) is 0 Å². The van der Waals surface area contributed by atoms with E-state index in [2.05, 4.69) is 39.0 Å². The first-order valence-electron chi connectivity index (χ1n) is 10.1. The minimum absolute atomic E-state index is 0.169. The molecule has 0 bridgehead atoms. The van der Waals surface area contributed by atoms with Crippen LogP contribution in [-0.2, 0) is 17.8 Å². The van der Waals surface area contributed by atoms with Crippen LogP contribution in [0.4, 0.5) is 4.39 Å². The van der Waals surface area contributed by atoms with E-state index in [4.69, 9.17) is 4.74 Å². The maximum atomic E-state index is 14.3. The lowest BCUT2D eigenvalue weighted by atomic mass is 9.88. The van der Waals surface area contributed by atoms with Crippen LogP contribution in [0.25, 0.3) is 11.1 Å². The normalized spacial score (nSPS) is 18.5. The Hall–Kier alpha value is -2.45. The van der Waals surface area contributed by atoms with Crippen molar-refractivity contribution in [2.24, 2.45) is 5.92 Å². The van der Waals surface area contributed by atoms with E-state index in [0.29, 0.717) is 24.0 Å². The largest absolute Gasteiger partial charge is 0.373 e. The van der Waals surface area contributed by atoms with Crippen molar-refractivity contribution in [2.45, 2.75) is 45.8 Å². The van der Waals surface area contributed by atoms with Crippen LogP contribution in [-0.4, -0.2) is 6.10 Å². The van der Waals surface area contributed by atoms with Gasteiger partial charge in [0.1, 0.15) is 5.82 Å². The summed E-state index contributed by atoms with van der Waals surface area (Å²) in [6.45, 7) is 7.17. The molecule has 0 aliphatic heterocycles. The third-order valence-electron chi connectivity index (χ3n) is 5.78. The topological polar surface area (TPSA) is 9.23 Å². The van der Waals surface area contributed by atoms with Gasteiger partial charge >= 0.3 is 0 Å². The first-order valence-corrected chi connectivity index (χ1v) is 10.1. The minimum Gasteiger partial charge on any atom is -0.373 e. The van der Waals surface area contributed by atoms with Crippen LogP contribution in [0.1, 0.15) is 42.0 Å². The van der Waals surface area contributed by atoms with E-state index in [0.717, 1.165) is 17.5 Å². The van der Waals surface area contributed by atoms with Gasteiger partial charge in [0, 0.05) is 11.5 Å². The van der Waals surface area contributed by atoms with Gasteiger partial charge in [-0.25, -0.2) is 4.39 Å². The van der Waals surface area contributed by atoms with Gasteiger partial charge in [-0.05, 0) is 53.6 Å². The van der Waals surface area contributed by atoms with Crippen LogP contribution >= 0.6 is 0 Å². The van der Waals surface area contributed by atoms with Crippen molar-refractivity contribution in [3.63, 3.8) is 0 Å². The average Bonchev–Trinajstić information content (AvgIpc) is 3.05. The molecule has 2 atom stereocenters. The van der Waals surface area contributed by atoms with Gasteiger partial charge in [-0.2, -0.15) is 0 Å². The monoisotopic (exact) mass is 374 g/mol. The highest BCUT2D eigenvalue weighted by Gasteiger charge is 2.35. The lowest BCUT2D eigenvalue weighted by Gasteiger charge is -2.24. The van der Waals surface area contributed by atoms with E-state index < -0.39 is 0 Å². The maximum Gasteiger partial charge on any atom is 0.131 e. The Morgan fingerprint density at radius 2 is 1.79 bits per heavy atom. The molecule has 2 heteroatoms. The van der Waals surface area contributed by atoms with Gasteiger partial charge in [-0.15, -0.1) is 0 Å². The van der Waals surface area contributed by atoms with E-state index in [-0.39, 0.29) is 11.9 Å². The average molecular weight is 374 g/mol. The smallest absolute Gasteiger partial charge is 0.131 e. The molecule has 4 rings (SSSR count). The zero-order chi connectivity index (χ0) is 19.7. The molecule has 28 heavy (non-hydrogen) atoms. The Labute approximate surface area is 167 Å². The van der Waals surface area contributed by atoms with Crippen LogP contribution < -0.4 is 0 Å². The molecule has 0 saturated carbocycles. The molecular weight excluding hydrogens is 347 g/mol. The second-order valence-corrected chi connectivity index (χ2v) is 8.21. The van der Waals surface area contributed by atoms with Gasteiger partial charge in [-0.1, -0.05) is 74.0 Å². The fourth-order valence-corrected chi connectivity index (χ4v) is 4.44. The van der Waals surface area contributed by atoms with E-state index in [1.807, 2.05) is 42.5 Å². The van der Waals surface area contributed by atoms with Crippen molar-refractivity contribution in [1.82, 2.24) is 0 Å². The number of halogens is 1. The number of benzene rings is 3. The summed E-state index contributed by atoms with van der Waals surface area (Å²) in [5.74, 6) is 0.727. The van der Waals surface area contributed by atoms with Crippen molar-refractivity contribution in [1.29, 1.82) is 0 Å². The highest BCUT2D eigenvalue weighted by atomic mass is 19.1. The molecular formula is C26H27FO. The summed E-state index contributed by atoms with van der Waals surface area (Å²) in [6.07, 6.45) is 1.12. The summed E-state index contributed by atoms with van der Waals surface area (Å²) in [6, 6.07) is 21.7. The maximum absolute atomic E-state index is 14.3. The standard InChI is InChI=1S/C26H27FO/c1-17(2)26-22-11-9-18(3)13-21(22)15-25(26)28-16-19-10-12-24(27)23(14-19)20-7-5-4-6-8-20/h4-14,17,25-26H,15-16H2,1-3H3. The third kappa shape index (κ3) is 3.74. The highest BCUT2D eigenvalue weighted by molar-refractivity contribution is 5.64. The van der Waals surface area contributed by atoms with Crippen LogP contribution in [0.5, 0.6) is 0 Å². The van der Waals surface area contributed by atoms with E-state index in [1.54, 1.807) is 6.07 Å². The van der Waals surface area contributed by atoms with E-state index in [1.165, 1.54) is 16.7 Å². The predicted octanol–water partition coefficient (Wildman–Crippen LogP) is 6.68. The molecule has 3 aromatic carbocycles. The Morgan fingerprint density at radius 3 is 2.54 bits per heavy atom. The summed E-state index contributed by atoms with van der Waals surface area (Å²) in [5.41, 5.74) is 6.67. The minimum atomic E-state index is -0.196. The Morgan fingerprint density at radius 1 is 1.00 bits per heavy atom. The number of ether oxygens (including phenoxy) is 1. The molecule has 2 unspecified atom stereocenters. The Bertz CT molecular complexity index is 961. The summed E-state index contributed by atoms with van der Waals surface area (Å²) >= 11 is 0. The molecule has 0 radical (unpaired) electrons. The number of aryl methyl sites for hydroxylation is 1. The molecule has 0 heterocycles. The summed E-state index contributed by atoms with van der Waals surface area (Å²) in [7, 11) is 0. The zero-order valence-corrected chi connectivity index (χ0v) is 16.8. The fraction of sp³-hybridized carbons (Fsp3) is 0.308. The molecule has 1 aliphatic carbocycles. The van der Waals surface area contributed by atoms with Gasteiger partial charge in [0.15, 0.2) is 0 Å². The molecule has 0 spiro atoms. The highest BCUT2D eigenvalue weighted by Crippen LogP contribution is 2.41. The van der Waals surface area contributed by atoms with Crippen molar-refractivity contribution in [3.05, 3.63) is 94.8 Å². The molecule has 1 nitrogen and oxygen atoms in total. The summed E-state index contributed by atoms with van der Waals surface area (Å²) in [4.78, 5) is 0. The molecule has 0 saturated heterocycles. The van der Waals surface area contributed by atoms with Crippen molar-refractivity contribution in [3.8, 4) is 11.1 Å². The van der Waals surface area contributed by atoms with Crippen LogP contribution in [0.3, 0.4) is 0 Å². The lowest BCUT2D eigenvalue weighted by molar-refractivity contribution is 0.0204. The lowest BCUT2D eigenvalue weighted by Crippen LogP contribution is -2.22. The van der Waals surface area contributed by atoms with Gasteiger partial charge in [0.25, 0.3) is 0 Å². The second-order valence-electron chi connectivity index (χ2n) is 8.21. The fourth-order valence-electron chi connectivity index (χ4n) is 4.44. The number of rotatable bonds is 5. The number of hydrogen-bond donors (Lipinski definition) is 0. The van der Waals surface area contributed by atoms with Crippen LogP contribution in [0, 0.1) is 18.7 Å². The van der Waals surface area contributed by atoms with Gasteiger partial charge in [0.2, 0.25) is 0 Å². The van der Waals surface area contributed by atoms with E-state index >= 15 is 0 Å². The molecule has 144 valence electrons. The molecule has 0 fully saturated rings. The zero-order valence-electron chi connectivity index (χ0n) is 16.8. The van der Waals surface area contributed by atoms with Gasteiger partial charge in [-0.3, -0.25) is 0 Å². The number of hydrogen-bond acceptors (Lipinski definition) is 1. The predicted molar refractivity (Wildman–Crippen MR) is 113 cm³/mol. The summed E-state index contributed by atoms with van der Waals surface area (Å²) in [5, 5.41) is 0. The van der Waals surface area contributed by atoms with Gasteiger partial charge in [0.05, 0.1) is 12.7 Å². The molecule has 3 aromatic rings.